The van der Waals surface area contributed by atoms with Crippen LogP contribution in [0.25, 0.3) is 11.6 Å². The molecule has 1 saturated carbocycles. The Morgan fingerprint density at radius 1 is 1.00 bits per heavy atom. The zero-order valence-electron chi connectivity index (χ0n) is 14.6. The fourth-order valence-corrected chi connectivity index (χ4v) is 3.65. The number of amides is 1. The van der Waals surface area contributed by atoms with Crippen LogP contribution in [0.4, 0.5) is 0 Å². The Kier molecular flexibility index (Phi) is 5.93. The van der Waals surface area contributed by atoms with Crippen molar-refractivity contribution in [2.45, 2.75) is 38.1 Å². The van der Waals surface area contributed by atoms with E-state index in [0.717, 1.165) is 24.0 Å². The van der Waals surface area contributed by atoms with Crippen molar-refractivity contribution in [3.05, 3.63) is 70.7 Å². The monoisotopic (exact) mass is 353 g/mol. The van der Waals surface area contributed by atoms with Crippen LogP contribution in [0.5, 0.6) is 0 Å². The molecule has 0 bridgehead atoms. The van der Waals surface area contributed by atoms with E-state index >= 15 is 0 Å². The summed E-state index contributed by atoms with van der Waals surface area (Å²) in [6.45, 7) is 0. The number of likely N-dealkylation sites (N-methyl/N-ethyl adjacent to an activating group) is 1. The number of carbonyl (C=O) groups excluding carboxylic acids is 1. The number of hydrogen-bond donors (Lipinski definition) is 0. The maximum atomic E-state index is 13.3. The van der Waals surface area contributed by atoms with Gasteiger partial charge in [-0.15, -0.1) is 0 Å². The lowest BCUT2D eigenvalue weighted by atomic mass is 9.93. The average Bonchev–Trinajstić information content (AvgIpc) is 2.67. The van der Waals surface area contributed by atoms with E-state index in [4.69, 9.17) is 11.6 Å². The van der Waals surface area contributed by atoms with Gasteiger partial charge in [0.05, 0.1) is 0 Å². The minimum atomic E-state index is 0.0676. The Hall–Kier alpha value is -2.06. The predicted molar refractivity (Wildman–Crippen MR) is 105 cm³/mol. The lowest BCUT2D eigenvalue weighted by Gasteiger charge is -2.32. The molecule has 0 radical (unpaired) electrons. The lowest BCUT2D eigenvalue weighted by Crippen LogP contribution is -2.38. The summed E-state index contributed by atoms with van der Waals surface area (Å²) in [5.41, 5.74) is 2.49. The standard InChI is InChI=1S/C22H24ClNO/c1-24(19-13-6-3-7-14-19)22(25)20(17-10-4-2-5-11-17)16-18-12-8-9-15-21(18)23/h2,4-5,8-12,15-16,19H,3,6-7,13-14H2,1H3/b20-16+. The molecule has 0 aromatic heterocycles. The molecule has 0 N–H and O–H groups in total. The third kappa shape index (κ3) is 4.32. The first-order valence-electron chi connectivity index (χ1n) is 8.95. The molecule has 2 nitrogen and oxygen atoms in total. The van der Waals surface area contributed by atoms with E-state index in [-0.39, 0.29) is 5.91 Å². The highest BCUT2D eigenvalue weighted by molar-refractivity contribution is 6.33. The second-order valence-corrected chi connectivity index (χ2v) is 7.06. The number of benzene rings is 2. The molecule has 130 valence electrons. The fraction of sp³-hybridized carbons (Fsp3) is 0.318. The Labute approximate surface area is 155 Å². The second kappa shape index (κ2) is 8.35. The van der Waals surface area contributed by atoms with E-state index in [0.29, 0.717) is 16.6 Å². The van der Waals surface area contributed by atoms with E-state index in [1.807, 2.05) is 72.6 Å². The van der Waals surface area contributed by atoms with Crippen molar-refractivity contribution < 1.29 is 4.79 Å². The number of hydrogen-bond acceptors (Lipinski definition) is 1. The summed E-state index contributed by atoms with van der Waals surface area (Å²) in [7, 11) is 1.93. The average molecular weight is 354 g/mol. The van der Waals surface area contributed by atoms with E-state index in [2.05, 4.69) is 0 Å². The molecule has 3 rings (SSSR count). The topological polar surface area (TPSA) is 20.3 Å². The molecule has 0 heterocycles. The van der Waals surface area contributed by atoms with Crippen LogP contribution in [0.1, 0.15) is 43.2 Å². The summed E-state index contributed by atoms with van der Waals surface area (Å²) < 4.78 is 0. The molecular formula is C22H24ClNO. The van der Waals surface area contributed by atoms with Crippen LogP contribution in [0.2, 0.25) is 5.02 Å². The zero-order chi connectivity index (χ0) is 17.6. The lowest BCUT2D eigenvalue weighted by molar-refractivity contribution is -0.126. The van der Waals surface area contributed by atoms with Gasteiger partial charge >= 0.3 is 0 Å². The second-order valence-electron chi connectivity index (χ2n) is 6.65. The normalized spacial score (nSPS) is 15.8. The maximum Gasteiger partial charge on any atom is 0.254 e. The van der Waals surface area contributed by atoms with Crippen molar-refractivity contribution >= 4 is 29.2 Å². The Morgan fingerprint density at radius 2 is 1.64 bits per heavy atom. The van der Waals surface area contributed by atoms with Crippen LogP contribution < -0.4 is 0 Å². The summed E-state index contributed by atoms with van der Waals surface area (Å²) in [6, 6.07) is 17.8. The summed E-state index contributed by atoms with van der Waals surface area (Å²) in [5, 5.41) is 0.657. The van der Waals surface area contributed by atoms with Gasteiger partial charge in [0, 0.05) is 23.7 Å². The largest absolute Gasteiger partial charge is 0.339 e. The molecule has 0 unspecified atom stereocenters. The zero-order valence-corrected chi connectivity index (χ0v) is 15.4. The van der Waals surface area contributed by atoms with Crippen LogP contribution in [0, 0.1) is 0 Å². The van der Waals surface area contributed by atoms with E-state index in [1.165, 1.54) is 19.3 Å². The van der Waals surface area contributed by atoms with Gasteiger partial charge in [-0.05, 0) is 36.1 Å². The molecule has 1 fully saturated rings. The molecule has 0 aliphatic heterocycles. The van der Waals surface area contributed by atoms with Crippen LogP contribution in [0.15, 0.2) is 54.6 Å². The third-order valence-corrected chi connectivity index (χ3v) is 5.31. The highest BCUT2D eigenvalue weighted by Crippen LogP contribution is 2.28. The smallest absolute Gasteiger partial charge is 0.254 e. The Morgan fingerprint density at radius 3 is 2.32 bits per heavy atom. The van der Waals surface area contributed by atoms with Crippen molar-refractivity contribution in [1.82, 2.24) is 4.90 Å². The van der Waals surface area contributed by atoms with Gasteiger partial charge in [-0.3, -0.25) is 4.79 Å². The number of nitrogens with zero attached hydrogens (tertiary/aromatic N) is 1. The van der Waals surface area contributed by atoms with Gasteiger partial charge in [-0.25, -0.2) is 0 Å². The maximum absolute atomic E-state index is 13.3. The highest BCUT2D eigenvalue weighted by atomic mass is 35.5. The minimum absolute atomic E-state index is 0.0676. The minimum Gasteiger partial charge on any atom is -0.339 e. The number of rotatable bonds is 4. The molecule has 2 aromatic carbocycles. The van der Waals surface area contributed by atoms with Crippen LogP contribution in [-0.4, -0.2) is 23.9 Å². The van der Waals surface area contributed by atoms with Gasteiger partial charge in [0.15, 0.2) is 0 Å². The molecule has 1 aliphatic rings. The first kappa shape index (κ1) is 17.8. The first-order valence-corrected chi connectivity index (χ1v) is 9.33. The van der Waals surface area contributed by atoms with Gasteiger partial charge in [0.2, 0.25) is 0 Å². The molecule has 0 atom stereocenters. The summed E-state index contributed by atoms with van der Waals surface area (Å²) in [6.07, 6.45) is 7.79. The molecule has 0 saturated heterocycles. The van der Waals surface area contributed by atoms with E-state index in [9.17, 15) is 4.79 Å². The Bertz CT molecular complexity index is 748. The summed E-state index contributed by atoms with van der Waals surface area (Å²) in [4.78, 5) is 15.2. The number of carbonyl (C=O) groups is 1. The van der Waals surface area contributed by atoms with Crippen molar-refractivity contribution in [2.75, 3.05) is 7.05 Å². The first-order chi connectivity index (χ1) is 12.2. The van der Waals surface area contributed by atoms with E-state index in [1.54, 1.807) is 0 Å². The van der Waals surface area contributed by atoms with Gasteiger partial charge in [-0.2, -0.15) is 0 Å². The quantitative estimate of drug-likeness (QED) is 0.512. The van der Waals surface area contributed by atoms with Crippen molar-refractivity contribution in [3.8, 4) is 0 Å². The van der Waals surface area contributed by atoms with Crippen LogP contribution in [0.3, 0.4) is 0 Å². The van der Waals surface area contributed by atoms with Crippen LogP contribution >= 0.6 is 11.6 Å². The van der Waals surface area contributed by atoms with Gasteiger partial charge in [0.1, 0.15) is 0 Å². The molecule has 2 aromatic rings. The molecule has 0 spiro atoms. The Balaban J connectivity index is 1.96. The van der Waals surface area contributed by atoms with Crippen molar-refractivity contribution in [3.63, 3.8) is 0 Å². The molecule has 1 amide bonds. The van der Waals surface area contributed by atoms with Crippen LogP contribution in [-0.2, 0) is 4.79 Å². The third-order valence-electron chi connectivity index (χ3n) is 4.96. The van der Waals surface area contributed by atoms with Gasteiger partial charge in [0.25, 0.3) is 5.91 Å². The van der Waals surface area contributed by atoms with Gasteiger partial charge < -0.3 is 4.90 Å². The summed E-state index contributed by atoms with van der Waals surface area (Å²) >= 11 is 6.32. The van der Waals surface area contributed by atoms with E-state index < -0.39 is 0 Å². The van der Waals surface area contributed by atoms with Crippen molar-refractivity contribution in [2.24, 2.45) is 0 Å². The molecular weight excluding hydrogens is 330 g/mol. The van der Waals surface area contributed by atoms with Gasteiger partial charge in [-0.1, -0.05) is 79.4 Å². The fourth-order valence-electron chi connectivity index (χ4n) is 3.46. The molecule has 1 aliphatic carbocycles. The molecule has 25 heavy (non-hydrogen) atoms. The number of halogens is 1. The highest BCUT2D eigenvalue weighted by Gasteiger charge is 2.25. The SMILES string of the molecule is CN(C(=O)/C(=C/c1ccccc1Cl)c1ccccc1)C1CCCCC1. The summed E-state index contributed by atoms with van der Waals surface area (Å²) in [5.74, 6) is 0.0676. The molecule has 3 heteroatoms. The predicted octanol–water partition coefficient (Wildman–Crippen LogP) is 5.67. The van der Waals surface area contributed by atoms with Crippen molar-refractivity contribution in [1.29, 1.82) is 0 Å².